The smallest absolute Gasteiger partial charge is 0.325 e. The number of amides is 2. The summed E-state index contributed by atoms with van der Waals surface area (Å²) in [6.45, 7) is 6.02. The largest absolute Gasteiger partial charge is 0.480 e. The minimum Gasteiger partial charge on any atom is -0.480 e. The van der Waals surface area contributed by atoms with Crippen LogP contribution in [0.15, 0.2) is 0 Å². The van der Waals surface area contributed by atoms with E-state index in [1.807, 2.05) is 13.8 Å². The summed E-state index contributed by atoms with van der Waals surface area (Å²) < 4.78 is 0. The molecule has 3 atom stereocenters. The number of carbonyl (C=O) groups excluding carboxylic acids is 2. The first-order valence-corrected chi connectivity index (χ1v) is 8.82. The second kappa shape index (κ2) is 9.61. The molecule has 0 aromatic heterocycles. The summed E-state index contributed by atoms with van der Waals surface area (Å²) in [7, 11) is 0. The van der Waals surface area contributed by atoms with Gasteiger partial charge in [-0.25, -0.2) is 0 Å². The lowest BCUT2D eigenvalue weighted by molar-refractivity contribution is -0.142. The van der Waals surface area contributed by atoms with Crippen molar-refractivity contribution in [3.63, 3.8) is 0 Å². The van der Waals surface area contributed by atoms with E-state index in [0.717, 1.165) is 32.1 Å². The Labute approximate surface area is 143 Å². The van der Waals surface area contributed by atoms with Crippen molar-refractivity contribution >= 4 is 17.8 Å². The fourth-order valence-corrected chi connectivity index (χ4v) is 2.90. The number of hydrogen-bond donors (Lipinski definition) is 4. The number of hydrogen-bond acceptors (Lipinski definition) is 4. The van der Waals surface area contributed by atoms with Crippen LogP contribution < -0.4 is 16.4 Å². The standard InChI is InChI=1S/C17H31N3O4/c1-4-10(2)14(18)16(22)19-9-12-5-7-13(8-6-12)15(21)20-11(3)17(23)24/h10-14H,4-9,18H2,1-3H3,(H,19,22)(H,20,21)(H,23,24)/t10?,11-,12?,13?,14+/m1/s1. The van der Waals surface area contributed by atoms with Crippen LogP contribution in [0.2, 0.25) is 0 Å². The van der Waals surface area contributed by atoms with Gasteiger partial charge in [0.15, 0.2) is 0 Å². The molecule has 1 saturated carbocycles. The molecule has 1 unspecified atom stereocenters. The zero-order valence-corrected chi connectivity index (χ0v) is 14.9. The summed E-state index contributed by atoms with van der Waals surface area (Å²) in [5, 5.41) is 14.3. The van der Waals surface area contributed by atoms with E-state index < -0.39 is 18.1 Å². The Kier molecular flexibility index (Phi) is 8.18. The van der Waals surface area contributed by atoms with Crippen molar-refractivity contribution in [1.29, 1.82) is 0 Å². The van der Waals surface area contributed by atoms with Gasteiger partial charge in [0.1, 0.15) is 6.04 Å². The molecule has 0 aliphatic heterocycles. The van der Waals surface area contributed by atoms with Crippen molar-refractivity contribution in [2.45, 2.75) is 65.0 Å². The second-order valence-electron chi connectivity index (χ2n) is 6.94. The van der Waals surface area contributed by atoms with Gasteiger partial charge in [-0.15, -0.1) is 0 Å². The van der Waals surface area contributed by atoms with Crippen LogP contribution in [0.3, 0.4) is 0 Å². The van der Waals surface area contributed by atoms with Crippen molar-refractivity contribution in [3.05, 3.63) is 0 Å². The van der Waals surface area contributed by atoms with E-state index in [1.165, 1.54) is 6.92 Å². The Morgan fingerprint density at radius 1 is 1.17 bits per heavy atom. The van der Waals surface area contributed by atoms with Gasteiger partial charge in [0.25, 0.3) is 0 Å². The van der Waals surface area contributed by atoms with Gasteiger partial charge in [-0.3, -0.25) is 14.4 Å². The van der Waals surface area contributed by atoms with Gasteiger partial charge in [-0.05, 0) is 44.4 Å². The predicted molar refractivity (Wildman–Crippen MR) is 91.1 cm³/mol. The highest BCUT2D eigenvalue weighted by atomic mass is 16.4. The monoisotopic (exact) mass is 341 g/mol. The Morgan fingerprint density at radius 3 is 2.25 bits per heavy atom. The molecule has 7 nitrogen and oxygen atoms in total. The van der Waals surface area contributed by atoms with E-state index in [-0.39, 0.29) is 23.7 Å². The number of nitrogens with two attached hydrogens (primary N) is 1. The molecule has 0 bridgehead atoms. The highest BCUT2D eigenvalue weighted by Gasteiger charge is 2.28. The van der Waals surface area contributed by atoms with Gasteiger partial charge >= 0.3 is 5.97 Å². The Balaban J connectivity index is 2.32. The van der Waals surface area contributed by atoms with Crippen LogP contribution in [0, 0.1) is 17.8 Å². The molecule has 138 valence electrons. The molecule has 1 rings (SSSR count). The van der Waals surface area contributed by atoms with E-state index in [4.69, 9.17) is 10.8 Å². The lowest BCUT2D eigenvalue weighted by Crippen LogP contribution is -2.46. The lowest BCUT2D eigenvalue weighted by atomic mass is 9.81. The van der Waals surface area contributed by atoms with E-state index in [0.29, 0.717) is 12.5 Å². The summed E-state index contributed by atoms with van der Waals surface area (Å²) in [5.74, 6) is -0.969. The third-order valence-corrected chi connectivity index (χ3v) is 5.07. The number of rotatable bonds is 8. The van der Waals surface area contributed by atoms with E-state index in [2.05, 4.69) is 10.6 Å². The first-order chi connectivity index (χ1) is 11.3. The number of nitrogens with one attached hydrogen (secondary N) is 2. The highest BCUT2D eigenvalue weighted by Crippen LogP contribution is 2.28. The summed E-state index contributed by atoms with van der Waals surface area (Å²) in [6.07, 6.45) is 3.99. The van der Waals surface area contributed by atoms with E-state index in [9.17, 15) is 14.4 Å². The molecule has 0 saturated heterocycles. The summed E-state index contributed by atoms with van der Waals surface area (Å²) in [4.78, 5) is 34.8. The van der Waals surface area contributed by atoms with Crippen LogP contribution in [0.25, 0.3) is 0 Å². The SMILES string of the molecule is CCC(C)[C@H](N)C(=O)NCC1CCC(C(=O)N[C@H](C)C(=O)O)CC1. The molecule has 0 radical (unpaired) electrons. The molecule has 5 N–H and O–H groups in total. The van der Waals surface area contributed by atoms with Crippen LogP contribution in [0.4, 0.5) is 0 Å². The van der Waals surface area contributed by atoms with Crippen LogP contribution in [0.5, 0.6) is 0 Å². The maximum absolute atomic E-state index is 12.0. The Hall–Kier alpha value is -1.63. The molecule has 1 fully saturated rings. The third kappa shape index (κ3) is 6.11. The highest BCUT2D eigenvalue weighted by molar-refractivity contribution is 5.84. The van der Waals surface area contributed by atoms with Gasteiger partial charge in [0.05, 0.1) is 6.04 Å². The zero-order chi connectivity index (χ0) is 18.3. The van der Waals surface area contributed by atoms with Gasteiger partial charge in [-0.2, -0.15) is 0 Å². The fourth-order valence-electron chi connectivity index (χ4n) is 2.90. The fraction of sp³-hybridized carbons (Fsp3) is 0.824. The van der Waals surface area contributed by atoms with E-state index >= 15 is 0 Å². The van der Waals surface area contributed by atoms with Crippen molar-refractivity contribution in [2.75, 3.05) is 6.54 Å². The molecule has 0 aromatic carbocycles. The van der Waals surface area contributed by atoms with Crippen LogP contribution in [0.1, 0.15) is 52.9 Å². The van der Waals surface area contributed by atoms with Crippen molar-refractivity contribution < 1.29 is 19.5 Å². The van der Waals surface area contributed by atoms with Gasteiger partial charge in [0.2, 0.25) is 11.8 Å². The van der Waals surface area contributed by atoms with Crippen LogP contribution >= 0.6 is 0 Å². The molecule has 0 heterocycles. The maximum atomic E-state index is 12.0. The van der Waals surface area contributed by atoms with Crippen molar-refractivity contribution in [1.82, 2.24) is 10.6 Å². The number of carbonyl (C=O) groups is 3. The van der Waals surface area contributed by atoms with Gasteiger partial charge in [-0.1, -0.05) is 20.3 Å². The number of carboxylic acid groups (broad SMARTS) is 1. The normalized spacial score (nSPS) is 24.5. The predicted octanol–water partition coefficient (Wildman–Crippen LogP) is 0.872. The first kappa shape index (κ1) is 20.4. The molecule has 7 heteroatoms. The van der Waals surface area contributed by atoms with Gasteiger partial charge in [0, 0.05) is 12.5 Å². The van der Waals surface area contributed by atoms with Crippen LogP contribution in [-0.2, 0) is 14.4 Å². The van der Waals surface area contributed by atoms with E-state index in [1.54, 1.807) is 0 Å². The van der Waals surface area contributed by atoms with Crippen LogP contribution in [-0.4, -0.2) is 41.5 Å². The molecular weight excluding hydrogens is 310 g/mol. The quantitative estimate of drug-likeness (QED) is 0.522. The van der Waals surface area contributed by atoms with Crippen molar-refractivity contribution in [3.8, 4) is 0 Å². The Morgan fingerprint density at radius 2 is 1.75 bits per heavy atom. The molecule has 2 amide bonds. The number of aliphatic carboxylic acids is 1. The molecular formula is C17H31N3O4. The average molecular weight is 341 g/mol. The molecule has 0 spiro atoms. The molecule has 1 aliphatic carbocycles. The minimum atomic E-state index is -1.03. The van der Waals surface area contributed by atoms with Crippen molar-refractivity contribution in [2.24, 2.45) is 23.5 Å². The maximum Gasteiger partial charge on any atom is 0.325 e. The molecule has 24 heavy (non-hydrogen) atoms. The van der Waals surface area contributed by atoms with Gasteiger partial charge < -0.3 is 21.5 Å². The first-order valence-electron chi connectivity index (χ1n) is 8.82. The summed E-state index contributed by atoms with van der Waals surface area (Å²) in [6, 6.07) is -1.34. The average Bonchev–Trinajstić information content (AvgIpc) is 2.58. The number of carboxylic acids is 1. The second-order valence-corrected chi connectivity index (χ2v) is 6.94. The Bertz CT molecular complexity index is 447. The topological polar surface area (TPSA) is 122 Å². The lowest BCUT2D eigenvalue weighted by Gasteiger charge is -2.29. The summed E-state index contributed by atoms with van der Waals surface area (Å²) >= 11 is 0. The minimum absolute atomic E-state index is 0.112. The zero-order valence-electron chi connectivity index (χ0n) is 14.9. The molecule has 0 aromatic rings. The summed E-state index contributed by atoms with van der Waals surface area (Å²) in [5.41, 5.74) is 5.91. The third-order valence-electron chi connectivity index (χ3n) is 5.07. The molecule has 1 aliphatic rings.